The molecule has 10 heteroatoms. The summed E-state index contributed by atoms with van der Waals surface area (Å²) in [6.07, 6.45) is 5.40. The molecule has 0 unspecified atom stereocenters. The van der Waals surface area contributed by atoms with Gasteiger partial charge in [0, 0.05) is 12.1 Å². The summed E-state index contributed by atoms with van der Waals surface area (Å²) in [7, 11) is 0. The lowest BCUT2D eigenvalue weighted by atomic mass is 9.77. The quantitative estimate of drug-likeness (QED) is 0.275. The van der Waals surface area contributed by atoms with E-state index in [4.69, 9.17) is 0 Å². The SMILES string of the molecule is CC1CCC(C2CSC(C3CCC(CCC(F)(F)Oc4cc(F)c(OC(F)F)c(F)c4)CC3)SC2)CC1. The first-order chi connectivity index (χ1) is 17.6. The van der Waals surface area contributed by atoms with Crippen LogP contribution in [-0.2, 0) is 0 Å². The predicted octanol–water partition coefficient (Wildman–Crippen LogP) is 9.37. The Bertz CT molecular complexity index is 841. The number of hydrogen-bond acceptors (Lipinski definition) is 4. The first kappa shape index (κ1) is 29.1. The predicted molar refractivity (Wildman–Crippen MR) is 137 cm³/mol. The van der Waals surface area contributed by atoms with E-state index < -0.39 is 42.3 Å². The Labute approximate surface area is 224 Å². The normalized spacial score (nSPS) is 31.4. The molecule has 3 fully saturated rings. The van der Waals surface area contributed by atoms with E-state index in [9.17, 15) is 26.3 Å². The van der Waals surface area contributed by atoms with E-state index in [1.165, 1.54) is 37.2 Å². The monoisotopic (exact) mass is 570 g/mol. The van der Waals surface area contributed by atoms with Gasteiger partial charge in [0.15, 0.2) is 17.4 Å². The van der Waals surface area contributed by atoms with Gasteiger partial charge in [-0.05, 0) is 73.2 Å². The Morgan fingerprint density at radius 2 is 1.43 bits per heavy atom. The minimum Gasteiger partial charge on any atom is -0.432 e. The summed E-state index contributed by atoms with van der Waals surface area (Å²) in [5.41, 5.74) is 0. The van der Waals surface area contributed by atoms with Crippen LogP contribution in [0.25, 0.3) is 0 Å². The zero-order chi connectivity index (χ0) is 26.6. The Hall–Kier alpha value is -0.900. The van der Waals surface area contributed by atoms with Crippen molar-refractivity contribution >= 4 is 23.5 Å². The fourth-order valence-corrected chi connectivity index (χ4v) is 9.72. The van der Waals surface area contributed by atoms with Crippen LogP contribution in [0.3, 0.4) is 0 Å². The second-order valence-electron chi connectivity index (χ2n) is 11.0. The topological polar surface area (TPSA) is 18.5 Å². The highest BCUT2D eigenvalue weighted by Crippen LogP contribution is 2.48. The highest BCUT2D eigenvalue weighted by atomic mass is 32.2. The van der Waals surface area contributed by atoms with Crippen molar-refractivity contribution in [1.82, 2.24) is 0 Å². The molecule has 4 rings (SSSR count). The summed E-state index contributed by atoms with van der Waals surface area (Å²) in [4.78, 5) is 0. The number of halogens is 6. The zero-order valence-corrected chi connectivity index (χ0v) is 22.7. The van der Waals surface area contributed by atoms with Gasteiger partial charge >= 0.3 is 12.7 Å². The summed E-state index contributed by atoms with van der Waals surface area (Å²) < 4.78 is 89.8. The molecule has 2 nitrogen and oxygen atoms in total. The molecule has 2 saturated carbocycles. The van der Waals surface area contributed by atoms with Gasteiger partial charge in [0.1, 0.15) is 5.75 Å². The Morgan fingerprint density at radius 3 is 2.00 bits per heavy atom. The molecule has 3 aliphatic rings. The summed E-state index contributed by atoms with van der Waals surface area (Å²) in [6.45, 7) is -1.08. The van der Waals surface area contributed by atoms with Crippen LogP contribution in [0.4, 0.5) is 26.3 Å². The summed E-state index contributed by atoms with van der Waals surface area (Å²) in [5, 5.41) is 0. The molecular weight excluding hydrogens is 534 g/mol. The van der Waals surface area contributed by atoms with E-state index in [-0.39, 0.29) is 12.3 Å². The molecule has 1 aromatic rings. The summed E-state index contributed by atoms with van der Waals surface area (Å²) >= 11 is 4.22. The van der Waals surface area contributed by atoms with Crippen molar-refractivity contribution in [2.24, 2.45) is 29.6 Å². The van der Waals surface area contributed by atoms with Crippen LogP contribution in [0.1, 0.15) is 71.1 Å². The van der Waals surface area contributed by atoms with Crippen LogP contribution in [0.5, 0.6) is 11.5 Å². The molecule has 1 aromatic carbocycles. The van der Waals surface area contributed by atoms with Gasteiger partial charge < -0.3 is 9.47 Å². The fourth-order valence-electron chi connectivity index (χ4n) is 5.98. The van der Waals surface area contributed by atoms with Gasteiger partial charge in [0.2, 0.25) is 0 Å². The maximum atomic E-state index is 14.4. The molecule has 0 spiro atoms. The molecule has 0 aromatic heterocycles. The Kier molecular flexibility index (Phi) is 10.2. The van der Waals surface area contributed by atoms with Crippen molar-refractivity contribution in [1.29, 1.82) is 0 Å². The highest BCUT2D eigenvalue weighted by Gasteiger charge is 2.37. The van der Waals surface area contributed by atoms with Gasteiger partial charge in [-0.25, -0.2) is 8.78 Å². The maximum absolute atomic E-state index is 14.4. The Morgan fingerprint density at radius 1 is 0.865 bits per heavy atom. The molecular formula is C27H36F6O2S2. The van der Waals surface area contributed by atoms with Crippen LogP contribution >= 0.6 is 23.5 Å². The molecule has 0 amide bonds. The van der Waals surface area contributed by atoms with Crippen LogP contribution in [0.15, 0.2) is 12.1 Å². The third kappa shape index (κ3) is 8.29. The lowest BCUT2D eigenvalue weighted by Gasteiger charge is -2.40. The summed E-state index contributed by atoms with van der Waals surface area (Å²) in [6, 6.07) is 0.859. The van der Waals surface area contributed by atoms with E-state index >= 15 is 0 Å². The van der Waals surface area contributed by atoms with E-state index in [1.807, 2.05) is 0 Å². The molecule has 210 valence electrons. The molecule has 1 saturated heterocycles. The van der Waals surface area contributed by atoms with Crippen molar-refractivity contribution in [3.05, 3.63) is 23.8 Å². The van der Waals surface area contributed by atoms with Gasteiger partial charge in [0.25, 0.3) is 0 Å². The highest BCUT2D eigenvalue weighted by molar-refractivity contribution is 8.17. The van der Waals surface area contributed by atoms with Gasteiger partial charge in [-0.3, -0.25) is 0 Å². The fraction of sp³-hybridized carbons (Fsp3) is 0.778. The van der Waals surface area contributed by atoms with E-state index in [2.05, 4.69) is 39.9 Å². The number of rotatable bonds is 9. The molecule has 1 heterocycles. The van der Waals surface area contributed by atoms with Crippen molar-refractivity contribution in [3.8, 4) is 11.5 Å². The van der Waals surface area contributed by atoms with Gasteiger partial charge in [-0.1, -0.05) is 32.6 Å². The molecule has 1 aliphatic heterocycles. The first-order valence-electron chi connectivity index (χ1n) is 13.3. The third-order valence-electron chi connectivity index (χ3n) is 8.24. The smallest absolute Gasteiger partial charge is 0.397 e. The number of alkyl halides is 4. The molecule has 0 bridgehead atoms. The van der Waals surface area contributed by atoms with Crippen molar-refractivity contribution in [3.63, 3.8) is 0 Å². The van der Waals surface area contributed by atoms with Crippen LogP contribution in [0, 0.1) is 41.2 Å². The van der Waals surface area contributed by atoms with E-state index in [0.717, 1.165) is 43.4 Å². The molecule has 2 aliphatic carbocycles. The maximum Gasteiger partial charge on any atom is 0.397 e. The molecule has 37 heavy (non-hydrogen) atoms. The van der Waals surface area contributed by atoms with E-state index in [1.54, 1.807) is 0 Å². The van der Waals surface area contributed by atoms with Crippen molar-refractivity contribution < 1.29 is 35.8 Å². The number of hydrogen-bond donors (Lipinski definition) is 0. The zero-order valence-electron chi connectivity index (χ0n) is 21.1. The van der Waals surface area contributed by atoms with Crippen LogP contribution < -0.4 is 9.47 Å². The average molecular weight is 571 g/mol. The van der Waals surface area contributed by atoms with Gasteiger partial charge in [0.05, 0.1) is 11.0 Å². The van der Waals surface area contributed by atoms with Crippen molar-refractivity contribution in [2.75, 3.05) is 11.5 Å². The largest absolute Gasteiger partial charge is 0.432 e. The third-order valence-corrected chi connectivity index (χ3v) is 11.7. The van der Waals surface area contributed by atoms with Gasteiger partial charge in [-0.2, -0.15) is 17.6 Å². The first-order valence-corrected chi connectivity index (χ1v) is 15.4. The average Bonchev–Trinajstić information content (AvgIpc) is 2.86. The minimum absolute atomic E-state index is 0.164. The number of benzene rings is 1. The number of ether oxygens (including phenoxy) is 2. The second kappa shape index (κ2) is 13.0. The number of thioether (sulfide) groups is 2. The van der Waals surface area contributed by atoms with Crippen molar-refractivity contribution in [2.45, 2.75) is 88.4 Å². The van der Waals surface area contributed by atoms with Crippen LogP contribution in [0.2, 0.25) is 0 Å². The second-order valence-corrected chi connectivity index (χ2v) is 13.6. The van der Waals surface area contributed by atoms with Crippen LogP contribution in [-0.4, -0.2) is 28.8 Å². The lowest BCUT2D eigenvalue weighted by molar-refractivity contribution is -0.183. The van der Waals surface area contributed by atoms with Gasteiger partial charge in [-0.15, -0.1) is 23.5 Å². The molecule has 0 N–H and O–H groups in total. The lowest BCUT2D eigenvalue weighted by Crippen LogP contribution is -2.32. The minimum atomic E-state index is -3.62. The molecule has 0 radical (unpaired) electrons. The summed E-state index contributed by atoms with van der Waals surface area (Å²) in [5.74, 6) is 0.724. The van der Waals surface area contributed by atoms with E-state index in [0.29, 0.717) is 22.6 Å². The Balaban J connectivity index is 1.18. The molecule has 0 atom stereocenters. The standard InChI is InChI=1S/C27H36F6O2S2/c1-16-2-6-18(7-3-16)20-14-36-25(37-15-20)19-8-4-17(5-9-19)10-11-27(32,33)35-21-12-22(28)24(23(29)13-21)34-26(30)31/h12-13,16-20,25-26H,2-11,14-15H2,1H3.